The summed E-state index contributed by atoms with van der Waals surface area (Å²) in [5.41, 5.74) is 0. The molecule has 2 heterocycles. The summed E-state index contributed by atoms with van der Waals surface area (Å²) in [6, 6.07) is 3.28. The van der Waals surface area contributed by atoms with Crippen molar-refractivity contribution in [3.05, 3.63) is 23.4 Å². The van der Waals surface area contributed by atoms with Gasteiger partial charge in [0.2, 0.25) is 5.91 Å². The van der Waals surface area contributed by atoms with Crippen molar-refractivity contribution >= 4 is 46.6 Å². The highest BCUT2D eigenvalue weighted by Crippen LogP contribution is 2.24. The second-order valence-electron chi connectivity index (χ2n) is 5.94. The summed E-state index contributed by atoms with van der Waals surface area (Å²) in [7, 11) is 0. The standard InChI is InChI=1S/C16H20ClN3O4S/c1-9(2)23-8-12-5-10(15(22)24-12)6-14(21)20-16(25)19-13-4-3-11(17)7-18-13/h3-4,7,9-10,12H,5-6,8H2,1-2H3,(H2,18,19,20,21,25)/t10-,12+/m0/s1. The topological polar surface area (TPSA) is 89.5 Å². The van der Waals surface area contributed by atoms with Crippen molar-refractivity contribution in [2.45, 2.75) is 38.9 Å². The van der Waals surface area contributed by atoms with Crippen LogP contribution in [0.1, 0.15) is 26.7 Å². The molecule has 2 N–H and O–H groups in total. The zero-order valence-corrected chi connectivity index (χ0v) is 15.5. The second kappa shape index (κ2) is 9.07. The molecule has 9 heteroatoms. The molecule has 1 fully saturated rings. The maximum atomic E-state index is 12.1. The third-order valence-electron chi connectivity index (χ3n) is 3.43. The molecule has 0 radical (unpaired) electrons. The Bertz CT molecular complexity index is 639. The van der Waals surface area contributed by atoms with Gasteiger partial charge in [0.1, 0.15) is 11.9 Å². The van der Waals surface area contributed by atoms with E-state index in [1.54, 1.807) is 12.1 Å². The van der Waals surface area contributed by atoms with Crippen LogP contribution in [-0.2, 0) is 19.1 Å². The van der Waals surface area contributed by atoms with Gasteiger partial charge in [-0.1, -0.05) is 11.6 Å². The number of halogens is 1. The predicted molar refractivity (Wildman–Crippen MR) is 97.3 cm³/mol. The van der Waals surface area contributed by atoms with E-state index in [1.165, 1.54) is 6.20 Å². The summed E-state index contributed by atoms with van der Waals surface area (Å²) in [5, 5.41) is 5.90. The molecule has 25 heavy (non-hydrogen) atoms. The Morgan fingerprint density at radius 1 is 1.52 bits per heavy atom. The number of carbonyl (C=O) groups excluding carboxylic acids is 2. The molecule has 2 rings (SSSR count). The van der Waals surface area contributed by atoms with E-state index in [0.29, 0.717) is 23.9 Å². The van der Waals surface area contributed by atoms with Gasteiger partial charge in [-0.05, 0) is 38.2 Å². The van der Waals surface area contributed by atoms with E-state index in [2.05, 4.69) is 15.6 Å². The Balaban J connectivity index is 1.76. The molecule has 1 aliphatic heterocycles. The minimum Gasteiger partial charge on any atom is -0.460 e. The Hall–Kier alpha value is -1.77. The van der Waals surface area contributed by atoms with Gasteiger partial charge in [-0.3, -0.25) is 9.59 Å². The average molecular weight is 386 g/mol. The summed E-state index contributed by atoms with van der Waals surface area (Å²) in [4.78, 5) is 27.9. The molecule has 0 saturated carbocycles. The molecule has 1 aliphatic rings. The molecule has 2 atom stereocenters. The van der Waals surface area contributed by atoms with Crippen LogP contribution in [0.4, 0.5) is 5.82 Å². The molecule has 1 saturated heterocycles. The normalized spacial score (nSPS) is 19.6. The first-order chi connectivity index (χ1) is 11.8. The van der Waals surface area contributed by atoms with Gasteiger partial charge in [0.25, 0.3) is 0 Å². The van der Waals surface area contributed by atoms with Crippen LogP contribution in [-0.4, -0.2) is 40.8 Å². The van der Waals surface area contributed by atoms with Crippen molar-refractivity contribution in [3.63, 3.8) is 0 Å². The van der Waals surface area contributed by atoms with Gasteiger partial charge >= 0.3 is 5.97 Å². The molecule has 1 aromatic heterocycles. The van der Waals surface area contributed by atoms with Crippen LogP contribution in [0.25, 0.3) is 0 Å². The lowest BCUT2D eigenvalue weighted by Crippen LogP contribution is -2.35. The molecule has 0 spiro atoms. The van der Waals surface area contributed by atoms with E-state index in [9.17, 15) is 9.59 Å². The van der Waals surface area contributed by atoms with Crippen LogP contribution in [0.2, 0.25) is 5.02 Å². The lowest BCUT2D eigenvalue weighted by molar-refractivity contribution is -0.147. The lowest BCUT2D eigenvalue weighted by Gasteiger charge is -2.12. The third kappa shape index (κ3) is 6.56. The van der Waals surface area contributed by atoms with Crippen LogP contribution in [0.3, 0.4) is 0 Å². The number of nitrogens with zero attached hydrogens (tertiary/aromatic N) is 1. The lowest BCUT2D eigenvalue weighted by atomic mass is 10.0. The van der Waals surface area contributed by atoms with Gasteiger partial charge in [-0.2, -0.15) is 0 Å². The summed E-state index contributed by atoms with van der Waals surface area (Å²) >= 11 is 10.8. The number of cyclic esters (lactones) is 1. The number of anilines is 1. The zero-order valence-electron chi connectivity index (χ0n) is 14.0. The smallest absolute Gasteiger partial charge is 0.309 e. The van der Waals surface area contributed by atoms with E-state index >= 15 is 0 Å². The Morgan fingerprint density at radius 2 is 2.28 bits per heavy atom. The number of carbonyl (C=O) groups is 2. The molecule has 1 amide bonds. The van der Waals surface area contributed by atoms with Gasteiger partial charge in [-0.15, -0.1) is 0 Å². The quantitative estimate of drug-likeness (QED) is 0.573. The largest absolute Gasteiger partial charge is 0.460 e. The van der Waals surface area contributed by atoms with Gasteiger partial charge in [0, 0.05) is 19.0 Å². The van der Waals surface area contributed by atoms with Crippen molar-refractivity contribution < 1.29 is 19.1 Å². The SMILES string of the molecule is CC(C)OC[C@H]1C[C@@H](CC(=O)NC(=S)Nc2ccc(Cl)cn2)C(=O)O1. The number of ether oxygens (including phenoxy) is 2. The first-order valence-corrected chi connectivity index (χ1v) is 8.66. The van der Waals surface area contributed by atoms with Crippen molar-refractivity contribution in [1.82, 2.24) is 10.3 Å². The van der Waals surface area contributed by atoms with Crippen LogP contribution >= 0.6 is 23.8 Å². The van der Waals surface area contributed by atoms with E-state index < -0.39 is 5.92 Å². The summed E-state index contributed by atoms with van der Waals surface area (Å²) < 4.78 is 10.7. The van der Waals surface area contributed by atoms with Crippen molar-refractivity contribution in [1.29, 1.82) is 0 Å². The highest BCUT2D eigenvalue weighted by molar-refractivity contribution is 7.80. The van der Waals surface area contributed by atoms with Crippen LogP contribution < -0.4 is 10.6 Å². The summed E-state index contributed by atoms with van der Waals surface area (Å²) in [6.45, 7) is 4.15. The van der Waals surface area contributed by atoms with E-state index in [4.69, 9.17) is 33.3 Å². The zero-order chi connectivity index (χ0) is 18.4. The fraction of sp³-hybridized carbons (Fsp3) is 0.500. The molecule has 0 aromatic carbocycles. The number of esters is 1. The number of hydrogen-bond acceptors (Lipinski definition) is 6. The number of rotatable bonds is 6. The molecular formula is C16H20ClN3O4S. The highest BCUT2D eigenvalue weighted by atomic mass is 35.5. The number of thiocarbonyl (C=S) groups is 1. The minimum absolute atomic E-state index is 0.00682. The van der Waals surface area contributed by atoms with Gasteiger partial charge in [-0.25, -0.2) is 4.98 Å². The first-order valence-electron chi connectivity index (χ1n) is 7.88. The van der Waals surface area contributed by atoms with Gasteiger partial charge in [0.05, 0.1) is 23.7 Å². The maximum Gasteiger partial charge on any atom is 0.309 e. The number of nitrogens with one attached hydrogen (secondary N) is 2. The van der Waals surface area contributed by atoms with E-state index in [-0.39, 0.29) is 35.6 Å². The molecular weight excluding hydrogens is 366 g/mol. The van der Waals surface area contributed by atoms with Gasteiger partial charge < -0.3 is 20.1 Å². The minimum atomic E-state index is -0.489. The van der Waals surface area contributed by atoms with Crippen LogP contribution in [0, 0.1) is 5.92 Å². The fourth-order valence-electron chi connectivity index (χ4n) is 2.29. The summed E-state index contributed by atoms with van der Waals surface area (Å²) in [6.07, 6.45) is 1.68. The monoisotopic (exact) mass is 385 g/mol. The molecule has 136 valence electrons. The van der Waals surface area contributed by atoms with Crippen molar-refractivity contribution in [3.8, 4) is 0 Å². The van der Waals surface area contributed by atoms with Crippen LogP contribution in [0.15, 0.2) is 18.3 Å². The van der Waals surface area contributed by atoms with Crippen LogP contribution in [0.5, 0.6) is 0 Å². The molecule has 1 aromatic rings. The molecule has 7 nitrogen and oxygen atoms in total. The van der Waals surface area contributed by atoms with Crippen molar-refractivity contribution in [2.75, 3.05) is 11.9 Å². The third-order valence-corrected chi connectivity index (χ3v) is 3.86. The molecule has 0 bridgehead atoms. The van der Waals surface area contributed by atoms with Crippen molar-refractivity contribution in [2.24, 2.45) is 5.92 Å². The Kier molecular flexibility index (Phi) is 7.10. The first kappa shape index (κ1) is 19.6. The highest BCUT2D eigenvalue weighted by Gasteiger charge is 2.36. The van der Waals surface area contributed by atoms with Gasteiger partial charge in [0.15, 0.2) is 5.11 Å². The number of aromatic nitrogens is 1. The van der Waals surface area contributed by atoms with E-state index in [0.717, 1.165) is 0 Å². The van der Waals surface area contributed by atoms with E-state index in [1.807, 2.05) is 13.8 Å². The molecule has 0 unspecified atom stereocenters. The fourth-order valence-corrected chi connectivity index (χ4v) is 2.62. The second-order valence-corrected chi connectivity index (χ2v) is 6.79. The molecule has 0 aliphatic carbocycles. The summed E-state index contributed by atoms with van der Waals surface area (Å²) in [5.74, 6) is -0.775. The average Bonchev–Trinajstić information content (AvgIpc) is 2.87. The number of amides is 1. The Morgan fingerprint density at radius 3 is 2.92 bits per heavy atom. The number of pyridine rings is 1. The maximum absolute atomic E-state index is 12.1. The number of hydrogen-bond donors (Lipinski definition) is 2. The predicted octanol–water partition coefficient (Wildman–Crippen LogP) is 2.29. The Labute approximate surface area is 156 Å².